The summed E-state index contributed by atoms with van der Waals surface area (Å²) >= 11 is 0. The highest BCUT2D eigenvalue weighted by Crippen LogP contribution is 2.24. The summed E-state index contributed by atoms with van der Waals surface area (Å²) in [6.07, 6.45) is 3.51. The fraction of sp³-hybridized carbons (Fsp3) is 0.500. The highest BCUT2D eigenvalue weighted by atomic mass is 19.2. The van der Waals surface area contributed by atoms with Gasteiger partial charge in [0.1, 0.15) is 0 Å². The van der Waals surface area contributed by atoms with E-state index < -0.39 is 17.7 Å². The topological polar surface area (TPSA) is 35.2 Å². The maximum atomic E-state index is 13.4. The van der Waals surface area contributed by atoms with Crippen LogP contribution in [0.1, 0.15) is 30.9 Å². The predicted octanol–water partition coefficient (Wildman–Crippen LogP) is 2.53. The molecule has 0 radical (unpaired) electrons. The summed E-state index contributed by atoms with van der Waals surface area (Å²) in [6.45, 7) is 0.241. The molecule has 0 heterocycles. The van der Waals surface area contributed by atoms with Crippen molar-refractivity contribution in [3.8, 4) is 0 Å². The van der Waals surface area contributed by atoms with Gasteiger partial charge in [-0.2, -0.15) is 0 Å². The van der Waals surface area contributed by atoms with Crippen molar-refractivity contribution in [2.75, 3.05) is 6.61 Å². The Kier molecular flexibility index (Phi) is 3.51. The van der Waals surface area contributed by atoms with E-state index in [9.17, 15) is 8.78 Å². The maximum Gasteiger partial charge on any atom is 0.163 e. The molecule has 0 saturated heterocycles. The molecule has 1 aromatic rings. The number of hydrogen-bond donors (Lipinski definition) is 1. The van der Waals surface area contributed by atoms with Crippen molar-refractivity contribution in [2.24, 2.45) is 5.73 Å². The Balaban J connectivity index is 1.96. The zero-order chi connectivity index (χ0) is 11.5. The maximum absolute atomic E-state index is 13.4. The van der Waals surface area contributed by atoms with Gasteiger partial charge >= 0.3 is 0 Å². The SMILES string of the molecule is NC(COC1CCC1)c1cccc(F)c1F. The van der Waals surface area contributed by atoms with E-state index in [-0.39, 0.29) is 18.3 Å². The van der Waals surface area contributed by atoms with E-state index in [0.717, 1.165) is 18.9 Å². The molecule has 0 amide bonds. The Labute approximate surface area is 93.4 Å². The average Bonchev–Trinajstić information content (AvgIpc) is 2.19. The second kappa shape index (κ2) is 4.89. The summed E-state index contributed by atoms with van der Waals surface area (Å²) in [4.78, 5) is 0. The molecule has 0 spiro atoms. The zero-order valence-corrected chi connectivity index (χ0v) is 8.96. The molecule has 0 aliphatic heterocycles. The van der Waals surface area contributed by atoms with Crippen molar-refractivity contribution in [3.05, 3.63) is 35.4 Å². The lowest BCUT2D eigenvalue weighted by Gasteiger charge is -2.27. The van der Waals surface area contributed by atoms with E-state index in [1.165, 1.54) is 18.6 Å². The molecule has 2 nitrogen and oxygen atoms in total. The number of rotatable bonds is 4. The van der Waals surface area contributed by atoms with Gasteiger partial charge in [0.05, 0.1) is 18.8 Å². The van der Waals surface area contributed by atoms with Crippen LogP contribution in [0.15, 0.2) is 18.2 Å². The fourth-order valence-corrected chi connectivity index (χ4v) is 1.67. The molecule has 1 aromatic carbocycles. The van der Waals surface area contributed by atoms with Gasteiger partial charge < -0.3 is 10.5 Å². The van der Waals surface area contributed by atoms with Crippen LogP contribution in [0.4, 0.5) is 8.78 Å². The third-order valence-corrected chi connectivity index (χ3v) is 2.94. The first-order chi connectivity index (χ1) is 7.68. The molecule has 1 aliphatic carbocycles. The monoisotopic (exact) mass is 227 g/mol. The number of halogens is 2. The van der Waals surface area contributed by atoms with Crippen LogP contribution in [-0.4, -0.2) is 12.7 Å². The Morgan fingerprint density at radius 3 is 2.75 bits per heavy atom. The van der Waals surface area contributed by atoms with E-state index in [4.69, 9.17) is 10.5 Å². The van der Waals surface area contributed by atoms with Gasteiger partial charge in [0.25, 0.3) is 0 Å². The number of benzene rings is 1. The second-order valence-corrected chi connectivity index (χ2v) is 4.14. The van der Waals surface area contributed by atoms with Crippen molar-refractivity contribution in [1.29, 1.82) is 0 Å². The molecular weight excluding hydrogens is 212 g/mol. The zero-order valence-electron chi connectivity index (χ0n) is 8.96. The molecule has 16 heavy (non-hydrogen) atoms. The molecule has 88 valence electrons. The largest absolute Gasteiger partial charge is 0.376 e. The first-order valence-electron chi connectivity index (χ1n) is 5.49. The van der Waals surface area contributed by atoms with E-state index in [1.807, 2.05) is 0 Å². The van der Waals surface area contributed by atoms with Gasteiger partial charge in [-0.05, 0) is 25.3 Å². The molecule has 1 aliphatic rings. The van der Waals surface area contributed by atoms with E-state index in [1.54, 1.807) is 0 Å². The van der Waals surface area contributed by atoms with Crippen molar-refractivity contribution < 1.29 is 13.5 Å². The Hall–Kier alpha value is -1.00. The molecule has 2 rings (SSSR count). The molecule has 4 heteroatoms. The molecule has 1 fully saturated rings. The van der Waals surface area contributed by atoms with Crippen LogP contribution in [-0.2, 0) is 4.74 Å². The summed E-state index contributed by atoms with van der Waals surface area (Å²) in [5, 5.41) is 0. The lowest BCUT2D eigenvalue weighted by molar-refractivity contribution is -0.00483. The van der Waals surface area contributed by atoms with E-state index in [0.29, 0.717) is 0 Å². The summed E-state index contributed by atoms with van der Waals surface area (Å²) in [7, 11) is 0. The van der Waals surface area contributed by atoms with Crippen LogP contribution in [0.5, 0.6) is 0 Å². The minimum Gasteiger partial charge on any atom is -0.376 e. The van der Waals surface area contributed by atoms with Crippen LogP contribution in [0.25, 0.3) is 0 Å². The van der Waals surface area contributed by atoms with Gasteiger partial charge in [0.2, 0.25) is 0 Å². The van der Waals surface area contributed by atoms with E-state index in [2.05, 4.69) is 0 Å². The number of ether oxygens (including phenoxy) is 1. The van der Waals surface area contributed by atoms with Gasteiger partial charge in [-0.15, -0.1) is 0 Å². The van der Waals surface area contributed by atoms with Crippen molar-refractivity contribution in [1.82, 2.24) is 0 Å². The smallest absolute Gasteiger partial charge is 0.163 e. The first kappa shape index (κ1) is 11.5. The van der Waals surface area contributed by atoms with Gasteiger partial charge in [-0.3, -0.25) is 0 Å². The minimum absolute atomic E-state index is 0.180. The van der Waals surface area contributed by atoms with Crippen LogP contribution >= 0.6 is 0 Å². The molecule has 1 unspecified atom stereocenters. The summed E-state index contributed by atoms with van der Waals surface area (Å²) < 4.78 is 31.8. The lowest BCUT2D eigenvalue weighted by Crippen LogP contribution is -2.27. The summed E-state index contributed by atoms with van der Waals surface area (Å²) in [5.41, 5.74) is 5.94. The van der Waals surface area contributed by atoms with Gasteiger partial charge in [-0.25, -0.2) is 8.78 Å². The quantitative estimate of drug-likeness (QED) is 0.857. The Bertz CT molecular complexity index is 366. The molecule has 0 aromatic heterocycles. The van der Waals surface area contributed by atoms with Crippen LogP contribution in [0.3, 0.4) is 0 Å². The van der Waals surface area contributed by atoms with Gasteiger partial charge in [0.15, 0.2) is 11.6 Å². The van der Waals surface area contributed by atoms with E-state index >= 15 is 0 Å². The fourth-order valence-electron chi connectivity index (χ4n) is 1.67. The predicted molar refractivity (Wildman–Crippen MR) is 56.9 cm³/mol. The standard InChI is InChI=1S/C12H15F2NO/c13-10-6-2-5-9(12(10)14)11(15)7-16-8-3-1-4-8/h2,5-6,8,11H,1,3-4,7,15H2. The van der Waals surface area contributed by atoms with Crippen LogP contribution in [0.2, 0.25) is 0 Å². The normalized spacial score (nSPS) is 18.2. The van der Waals surface area contributed by atoms with Gasteiger partial charge in [-0.1, -0.05) is 12.1 Å². The van der Waals surface area contributed by atoms with Gasteiger partial charge in [0, 0.05) is 5.56 Å². The third-order valence-electron chi connectivity index (χ3n) is 2.94. The summed E-state index contributed by atoms with van der Waals surface area (Å²) in [6, 6.07) is 3.43. The molecule has 0 bridgehead atoms. The molecule has 2 N–H and O–H groups in total. The highest BCUT2D eigenvalue weighted by molar-refractivity contribution is 5.22. The van der Waals surface area contributed by atoms with Crippen molar-refractivity contribution in [3.63, 3.8) is 0 Å². The second-order valence-electron chi connectivity index (χ2n) is 4.14. The minimum atomic E-state index is -0.868. The Morgan fingerprint density at radius 2 is 2.12 bits per heavy atom. The summed E-state index contributed by atoms with van der Waals surface area (Å²) in [5.74, 6) is -1.73. The highest BCUT2D eigenvalue weighted by Gasteiger charge is 2.21. The third kappa shape index (κ3) is 2.39. The Morgan fingerprint density at radius 1 is 1.38 bits per heavy atom. The van der Waals surface area contributed by atoms with Crippen molar-refractivity contribution >= 4 is 0 Å². The van der Waals surface area contributed by atoms with Crippen LogP contribution in [0, 0.1) is 11.6 Å². The average molecular weight is 227 g/mol. The molecular formula is C12H15F2NO. The molecule has 1 saturated carbocycles. The van der Waals surface area contributed by atoms with Crippen LogP contribution < -0.4 is 5.73 Å². The van der Waals surface area contributed by atoms with Crippen molar-refractivity contribution in [2.45, 2.75) is 31.4 Å². The number of hydrogen-bond acceptors (Lipinski definition) is 2. The lowest BCUT2D eigenvalue weighted by atomic mass is 9.96. The molecule has 1 atom stereocenters. The number of nitrogens with two attached hydrogens (primary N) is 1. The first-order valence-corrected chi connectivity index (χ1v) is 5.49.